The Hall–Kier alpha value is -4.19. The molecule has 4 aromatic carbocycles. The first-order valence-corrected chi connectivity index (χ1v) is 12.0. The molecule has 0 fully saturated rings. The van der Waals surface area contributed by atoms with Gasteiger partial charge >= 0.3 is 0 Å². The number of hydrogen-bond donors (Lipinski definition) is 1. The van der Waals surface area contributed by atoms with Gasteiger partial charge in [-0.2, -0.15) is 0 Å². The smallest absolute Gasteiger partial charge is 0.261 e. The topological polar surface area (TPSA) is 58.6 Å². The van der Waals surface area contributed by atoms with Crippen molar-refractivity contribution in [2.75, 3.05) is 13.2 Å². The number of rotatable bonds is 10. The van der Waals surface area contributed by atoms with E-state index in [9.17, 15) is 14.0 Å². The first-order valence-electron chi connectivity index (χ1n) is 12.0. The van der Waals surface area contributed by atoms with E-state index >= 15 is 0 Å². The summed E-state index contributed by atoms with van der Waals surface area (Å²) in [7, 11) is 0. The summed E-state index contributed by atoms with van der Waals surface area (Å²) >= 11 is 0. The summed E-state index contributed by atoms with van der Waals surface area (Å²) < 4.78 is 20.6. The van der Waals surface area contributed by atoms with Crippen molar-refractivity contribution in [2.45, 2.75) is 25.9 Å². The highest BCUT2D eigenvalue weighted by atomic mass is 19.1. The third-order valence-corrected chi connectivity index (χ3v) is 6.02. The van der Waals surface area contributed by atoms with Gasteiger partial charge in [0.15, 0.2) is 6.61 Å². The molecule has 0 unspecified atom stereocenters. The van der Waals surface area contributed by atoms with Crippen molar-refractivity contribution >= 4 is 22.6 Å². The fraction of sp³-hybridized carbons (Fsp3) is 0.200. The van der Waals surface area contributed by atoms with E-state index in [1.807, 2.05) is 79.7 Å². The Morgan fingerprint density at radius 3 is 2.36 bits per heavy atom. The predicted molar refractivity (Wildman–Crippen MR) is 139 cm³/mol. The Morgan fingerprint density at radius 1 is 0.889 bits per heavy atom. The lowest BCUT2D eigenvalue weighted by Gasteiger charge is -2.31. The SMILES string of the molecule is CCNC(=O)[C@H](Cc1ccccc1)N(Cc1ccccc1F)C(=O)COc1cccc2ccccc12. The van der Waals surface area contributed by atoms with Crippen molar-refractivity contribution in [2.24, 2.45) is 0 Å². The molecular weight excluding hydrogens is 455 g/mol. The van der Waals surface area contributed by atoms with Gasteiger partial charge in [-0.15, -0.1) is 0 Å². The van der Waals surface area contributed by atoms with Gasteiger partial charge in [0.1, 0.15) is 17.6 Å². The zero-order valence-corrected chi connectivity index (χ0v) is 20.2. The Morgan fingerprint density at radius 2 is 1.58 bits per heavy atom. The number of halogens is 1. The van der Waals surface area contributed by atoms with Gasteiger partial charge in [-0.1, -0.05) is 84.9 Å². The molecule has 1 N–H and O–H groups in total. The number of ether oxygens (including phenoxy) is 1. The van der Waals surface area contributed by atoms with E-state index in [0.29, 0.717) is 24.3 Å². The van der Waals surface area contributed by atoms with Crippen LogP contribution in [0.1, 0.15) is 18.1 Å². The number of carbonyl (C=O) groups excluding carboxylic acids is 2. The Labute approximate surface area is 210 Å². The number of carbonyl (C=O) groups is 2. The summed E-state index contributed by atoms with van der Waals surface area (Å²) in [6.07, 6.45) is 0.293. The van der Waals surface area contributed by atoms with Gasteiger partial charge in [-0.25, -0.2) is 4.39 Å². The van der Waals surface area contributed by atoms with E-state index in [1.54, 1.807) is 18.2 Å². The molecule has 0 heterocycles. The summed E-state index contributed by atoms with van der Waals surface area (Å²) in [5.41, 5.74) is 1.23. The number of nitrogens with one attached hydrogen (secondary N) is 1. The summed E-state index contributed by atoms with van der Waals surface area (Å²) in [4.78, 5) is 28.2. The maximum absolute atomic E-state index is 14.6. The molecule has 184 valence electrons. The maximum atomic E-state index is 14.6. The standard InChI is InChI=1S/C30H29FN2O3/c1-2-32-30(35)27(19-22-11-4-3-5-12-22)33(20-24-14-7-9-17-26(24)31)29(34)21-36-28-18-10-15-23-13-6-8-16-25(23)28/h3-18,27H,2,19-21H2,1H3,(H,32,35)/t27-/m0/s1. The molecule has 4 aromatic rings. The van der Waals surface area contributed by atoms with Crippen LogP contribution in [0.15, 0.2) is 97.1 Å². The van der Waals surface area contributed by atoms with Gasteiger partial charge in [0.2, 0.25) is 5.91 Å². The normalized spacial score (nSPS) is 11.6. The summed E-state index contributed by atoms with van der Waals surface area (Å²) in [6.45, 7) is 1.90. The van der Waals surface area contributed by atoms with Crippen LogP contribution in [0.5, 0.6) is 5.75 Å². The molecule has 0 aromatic heterocycles. The van der Waals surface area contributed by atoms with E-state index in [-0.39, 0.29) is 19.1 Å². The average Bonchev–Trinajstić information content (AvgIpc) is 2.91. The number of nitrogens with zero attached hydrogens (tertiary/aromatic N) is 1. The quantitative estimate of drug-likeness (QED) is 0.339. The van der Waals surface area contributed by atoms with Crippen molar-refractivity contribution in [1.82, 2.24) is 10.2 Å². The van der Waals surface area contributed by atoms with E-state index in [2.05, 4.69) is 5.32 Å². The van der Waals surface area contributed by atoms with E-state index in [0.717, 1.165) is 16.3 Å². The summed E-state index contributed by atoms with van der Waals surface area (Å²) in [5.74, 6) is -0.556. The highest BCUT2D eigenvalue weighted by Gasteiger charge is 2.31. The third-order valence-electron chi connectivity index (χ3n) is 6.02. The second-order valence-corrected chi connectivity index (χ2v) is 8.48. The maximum Gasteiger partial charge on any atom is 0.261 e. The van der Waals surface area contributed by atoms with Crippen LogP contribution in [-0.2, 0) is 22.6 Å². The van der Waals surface area contributed by atoms with E-state index in [4.69, 9.17) is 4.74 Å². The molecule has 5 nitrogen and oxygen atoms in total. The van der Waals surface area contributed by atoms with Crippen LogP contribution < -0.4 is 10.1 Å². The third kappa shape index (κ3) is 6.08. The monoisotopic (exact) mass is 484 g/mol. The average molecular weight is 485 g/mol. The van der Waals surface area contributed by atoms with Crippen LogP contribution in [0, 0.1) is 5.82 Å². The zero-order chi connectivity index (χ0) is 25.3. The molecule has 6 heteroatoms. The first kappa shape index (κ1) is 24.9. The van der Waals surface area contributed by atoms with Crippen LogP contribution in [0.3, 0.4) is 0 Å². The Balaban J connectivity index is 1.64. The van der Waals surface area contributed by atoms with Crippen LogP contribution in [0.25, 0.3) is 10.8 Å². The summed E-state index contributed by atoms with van der Waals surface area (Å²) in [6, 6.07) is 28.3. The minimum atomic E-state index is -0.837. The lowest BCUT2D eigenvalue weighted by atomic mass is 10.0. The molecule has 4 rings (SSSR count). The fourth-order valence-corrected chi connectivity index (χ4v) is 4.20. The van der Waals surface area contributed by atoms with Gasteiger partial charge < -0.3 is 15.0 Å². The predicted octanol–water partition coefficient (Wildman–Crippen LogP) is 5.13. The van der Waals surface area contributed by atoms with Crippen molar-refractivity contribution < 1.29 is 18.7 Å². The van der Waals surface area contributed by atoms with Crippen LogP contribution >= 0.6 is 0 Å². The van der Waals surface area contributed by atoms with E-state index in [1.165, 1.54) is 11.0 Å². The largest absolute Gasteiger partial charge is 0.483 e. The van der Waals surface area contributed by atoms with E-state index < -0.39 is 17.8 Å². The van der Waals surface area contributed by atoms with Gasteiger partial charge in [-0.3, -0.25) is 9.59 Å². The fourth-order valence-electron chi connectivity index (χ4n) is 4.20. The van der Waals surface area contributed by atoms with Gasteiger partial charge in [-0.05, 0) is 30.0 Å². The number of fused-ring (bicyclic) bond motifs is 1. The molecule has 2 amide bonds. The van der Waals surface area contributed by atoms with Gasteiger partial charge in [0, 0.05) is 30.5 Å². The summed E-state index contributed by atoms with van der Waals surface area (Å²) in [5, 5.41) is 4.71. The minimum absolute atomic E-state index is 0.0565. The number of hydrogen-bond acceptors (Lipinski definition) is 3. The van der Waals surface area contributed by atoms with Gasteiger partial charge in [0.25, 0.3) is 5.91 Å². The number of benzene rings is 4. The molecule has 36 heavy (non-hydrogen) atoms. The van der Waals surface area contributed by atoms with Crippen molar-refractivity contribution in [3.8, 4) is 5.75 Å². The van der Waals surface area contributed by atoms with Crippen LogP contribution in [0.2, 0.25) is 0 Å². The lowest BCUT2D eigenvalue weighted by molar-refractivity contribution is -0.142. The molecule has 1 atom stereocenters. The van der Waals surface area contributed by atoms with Crippen LogP contribution in [0.4, 0.5) is 4.39 Å². The highest BCUT2D eigenvalue weighted by Crippen LogP contribution is 2.25. The van der Waals surface area contributed by atoms with Crippen molar-refractivity contribution in [3.63, 3.8) is 0 Å². The molecule has 0 bridgehead atoms. The van der Waals surface area contributed by atoms with Crippen molar-refractivity contribution in [1.29, 1.82) is 0 Å². The molecule has 0 spiro atoms. The molecule has 0 aliphatic heterocycles. The molecule has 0 aliphatic rings. The molecule has 0 radical (unpaired) electrons. The zero-order valence-electron chi connectivity index (χ0n) is 20.2. The number of amides is 2. The second-order valence-electron chi connectivity index (χ2n) is 8.48. The molecule has 0 aliphatic carbocycles. The molecule has 0 saturated carbocycles. The van der Waals surface area contributed by atoms with Crippen LogP contribution in [-0.4, -0.2) is 35.9 Å². The molecule has 0 saturated heterocycles. The Kier molecular flexibility index (Phi) is 8.29. The molecular formula is C30H29FN2O3. The lowest BCUT2D eigenvalue weighted by Crippen LogP contribution is -2.51. The second kappa shape index (κ2) is 12.0. The van der Waals surface area contributed by atoms with Gasteiger partial charge in [0.05, 0.1) is 0 Å². The minimum Gasteiger partial charge on any atom is -0.483 e. The highest BCUT2D eigenvalue weighted by molar-refractivity contribution is 5.90. The Bertz CT molecular complexity index is 1320. The first-order chi connectivity index (χ1) is 17.6. The number of likely N-dealkylation sites (N-methyl/N-ethyl adjacent to an activating group) is 1. The van der Waals surface area contributed by atoms with Crippen molar-refractivity contribution in [3.05, 3.63) is 114 Å².